The van der Waals surface area contributed by atoms with Crippen molar-refractivity contribution in [3.05, 3.63) is 68.1 Å². The molecule has 4 aromatic rings. The molecule has 11 heteroatoms. The van der Waals surface area contributed by atoms with Gasteiger partial charge in [-0.15, -0.1) is 22.7 Å². The summed E-state index contributed by atoms with van der Waals surface area (Å²) in [5, 5.41) is 11.6. The fourth-order valence-corrected chi connectivity index (χ4v) is 8.63. The van der Waals surface area contributed by atoms with Gasteiger partial charge in [-0.25, -0.2) is 17.9 Å². The Kier molecular flexibility index (Phi) is 5.98. The molecule has 0 radical (unpaired) electrons. The molecule has 2 N–H and O–H groups in total. The summed E-state index contributed by atoms with van der Waals surface area (Å²) < 4.78 is 36.8. The van der Waals surface area contributed by atoms with Crippen molar-refractivity contribution in [1.82, 2.24) is 9.29 Å². The lowest BCUT2D eigenvalue weighted by atomic mass is 9.94. The number of benzene rings is 1. The number of pyridine rings is 1. The Morgan fingerprint density at radius 2 is 2.03 bits per heavy atom. The van der Waals surface area contributed by atoms with Crippen LogP contribution in [0.5, 0.6) is 5.75 Å². The monoisotopic (exact) mass is 556 g/mol. The zero-order valence-electron chi connectivity index (χ0n) is 19.9. The predicted molar refractivity (Wildman–Crippen MR) is 144 cm³/mol. The van der Waals surface area contributed by atoms with Crippen molar-refractivity contribution in [2.75, 3.05) is 7.11 Å². The van der Waals surface area contributed by atoms with Crippen LogP contribution >= 0.6 is 22.7 Å². The van der Waals surface area contributed by atoms with Gasteiger partial charge in [0.25, 0.3) is 10.0 Å². The highest BCUT2D eigenvalue weighted by atomic mass is 32.2. The minimum Gasteiger partial charge on any atom is -0.494 e. The summed E-state index contributed by atoms with van der Waals surface area (Å²) in [6.07, 6.45) is 5.70. The molecule has 0 bridgehead atoms. The minimum atomic E-state index is -3.62. The Labute approximate surface area is 221 Å². The van der Waals surface area contributed by atoms with Crippen LogP contribution in [-0.4, -0.2) is 31.2 Å². The van der Waals surface area contributed by atoms with E-state index in [1.54, 1.807) is 48.1 Å². The number of aryl methyl sites for hydroxylation is 1. The van der Waals surface area contributed by atoms with E-state index in [-0.39, 0.29) is 17.6 Å². The molecule has 3 aromatic heterocycles. The molecule has 0 amide bonds. The highest BCUT2D eigenvalue weighted by molar-refractivity contribution is 7.91. The number of nitrogens with one attached hydrogen (secondary N) is 1. The number of sulfonamides is 1. The number of carboxylic acids is 1. The lowest BCUT2D eigenvalue weighted by Gasteiger charge is -2.23. The van der Waals surface area contributed by atoms with Gasteiger partial charge in [-0.05, 0) is 67.3 Å². The summed E-state index contributed by atoms with van der Waals surface area (Å²) in [6, 6.07) is 8.62. The third kappa shape index (κ3) is 4.19. The van der Waals surface area contributed by atoms with Crippen LogP contribution in [0.25, 0.3) is 21.3 Å². The summed E-state index contributed by atoms with van der Waals surface area (Å²) in [5.74, 6) is -0.723. The highest BCUT2D eigenvalue weighted by Crippen LogP contribution is 2.46. The van der Waals surface area contributed by atoms with Gasteiger partial charge < -0.3 is 14.4 Å². The number of methoxy groups -OCH3 is 1. The molecule has 0 spiro atoms. The van der Waals surface area contributed by atoms with Crippen LogP contribution in [0.4, 0.5) is 0 Å². The molecular formula is C26H24N2O6S3. The maximum absolute atomic E-state index is 13.0. The first-order chi connectivity index (χ1) is 17.8. The van der Waals surface area contributed by atoms with Crippen LogP contribution in [0, 0.1) is 0 Å². The average molecular weight is 557 g/mol. The summed E-state index contributed by atoms with van der Waals surface area (Å²) >= 11 is 2.79. The van der Waals surface area contributed by atoms with Crippen molar-refractivity contribution in [1.29, 1.82) is 0 Å². The molecule has 8 nitrogen and oxygen atoms in total. The highest BCUT2D eigenvalue weighted by Gasteiger charge is 2.31. The zero-order chi connectivity index (χ0) is 25.9. The standard InChI is InChI=1S/C26H24N2O6S3/c1-34-25-15(9-10-16-23(25)28(14-7-8-14)13-18(24(16)29)26(30)31)21-12-17-19(4-2-5-20(17)36-21)27-37(32,33)22-6-3-11-35-22/h3,6,9-14,19,27H,2,4-5,7-8H2,1H3,(H,30,31). The van der Waals surface area contributed by atoms with Gasteiger partial charge in [0.1, 0.15) is 9.77 Å². The Morgan fingerprint density at radius 3 is 2.70 bits per heavy atom. The van der Waals surface area contributed by atoms with Gasteiger partial charge >= 0.3 is 5.97 Å². The topological polar surface area (TPSA) is 115 Å². The Bertz CT molecular complexity index is 1700. The number of hydrogen-bond acceptors (Lipinski definition) is 7. The molecule has 2 aliphatic rings. The molecule has 37 heavy (non-hydrogen) atoms. The van der Waals surface area contributed by atoms with Crippen molar-refractivity contribution in [2.24, 2.45) is 0 Å². The number of hydrogen-bond donors (Lipinski definition) is 2. The molecule has 3 heterocycles. The van der Waals surface area contributed by atoms with Crippen LogP contribution in [0.1, 0.15) is 58.6 Å². The summed E-state index contributed by atoms with van der Waals surface area (Å²) in [4.78, 5) is 26.8. The molecule has 1 unspecified atom stereocenters. The Hall–Kier alpha value is -2.99. The Morgan fingerprint density at radius 1 is 1.22 bits per heavy atom. The van der Waals surface area contributed by atoms with Crippen molar-refractivity contribution in [2.45, 2.75) is 48.4 Å². The third-order valence-electron chi connectivity index (χ3n) is 6.96. The number of carbonyl (C=O) groups is 1. The van der Waals surface area contributed by atoms with Gasteiger partial charge in [0, 0.05) is 33.6 Å². The van der Waals surface area contributed by atoms with E-state index in [9.17, 15) is 23.1 Å². The number of aromatic carboxylic acids is 1. The first kappa shape index (κ1) is 24.4. The number of rotatable bonds is 7. The zero-order valence-corrected chi connectivity index (χ0v) is 22.3. The van der Waals surface area contributed by atoms with E-state index in [4.69, 9.17) is 4.74 Å². The lowest BCUT2D eigenvalue weighted by Crippen LogP contribution is -2.30. The van der Waals surface area contributed by atoms with Crippen LogP contribution < -0.4 is 14.9 Å². The number of carboxylic acid groups (broad SMARTS) is 1. The fourth-order valence-electron chi connectivity index (χ4n) is 5.08. The first-order valence-corrected chi connectivity index (χ1v) is 15.1. The molecule has 192 valence electrons. The van der Waals surface area contributed by atoms with Gasteiger partial charge in [0.05, 0.1) is 18.0 Å². The fraction of sp³-hybridized carbons (Fsp3) is 0.308. The molecule has 1 saturated carbocycles. The van der Waals surface area contributed by atoms with E-state index >= 15 is 0 Å². The molecule has 1 atom stereocenters. The van der Waals surface area contributed by atoms with Crippen molar-refractivity contribution in [3.63, 3.8) is 0 Å². The quantitative estimate of drug-likeness (QED) is 0.324. The molecule has 0 aliphatic heterocycles. The third-order valence-corrected chi connectivity index (χ3v) is 11.1. The van der Waals surface area contributed by atoms with Crippen molar-refractivity contribution >= 4 is 49.6 Å². The van der Waals surface area contributed by atoms with Gasteiger partial charge in [0.15, 0.2) is 5.75 Å². The second kappa shape index (κ2) is 9.09. The molecule has 2 aliphatic carbocycles. The molecule has 1 aromatic carbocycles. The average Bonchev–Trinajstić information content (AvgIpc) is 3.37. The molecular weight excluding hydrogens is 532 g/mol. The van der Waals surface area contributed by atoms with E-state index < -0.39 is 21.4 Å². The largest absolute Gasteiger partial charge is 0.494 e. The lowest BCUT2D eigenvalue weighted by molar-refractivity contribution is 0.0694. The molecule has 0 saturated heterocycles. The number of thiophene rings is 2. The second-order valence-corrected chi connectivity index (χ2v) is 13.4. The normalized spacial score (nSPS) is 17.6. The van der Waals surface area contributed by atoms with E-state index in [0.717, 1.165) is 46.6 Å². The van der Waals surface area contributed by atoms with Crippen molar-refractivity contribution in [3.8, 4) is 16.2 Å². The van der Waals surface area contributed by atoms with Crippen LogP contribution in [0.3, 0.4) is 0 Å². The van der Waals surface area contributed by atoms with E-state index in [1.807, 2.05) is 10.6 Å². The first-order valence-electron chi connectivity index (χ1n) is 12.0. The summed E-state index contributed by atoms with van der Waals surface area (Å²) in [6.45, 7) is 0. The van der Waals surface area contributed by atoms with Gasteiger partial charge in [-0.3, -0.25) is 4.79 Å². The Balaban J connectivity index is 1.47. The van der Waals surface area contributed by atoms with Crippen LogP contribution in [-0.2, 0) is 16.4 Å². The number of aromatic nitrogens is 1. The molecule has 6 rings (SSSR count). The smallest absolute Gasteiger partial charge is 0.341 e. The minimum absolute atomic E-state index is 0.123. The SMILES string of the molecule is COc1c(-c2cc3c(s2)CCCC3NS(=O)(=O)c2cccs2)ccc2c(=O)c(C(=O)O)cn(C3CC3)c12. The maximum atomic E-state index is 13.0. The number of nitrogens with zero attached hydrogens (tertiary/aromatic N) is 1. The predicted octanol–water partition coefficient (Wildman–Crippen LogP) is 5.19. The van der Waals surface area contributed by atoms with Crippen LogP contribution in [0.15, 0.2) is 50.9 Å². The maximum Gasteiger partial charge on any atom is 0.341 e. The van der Waals surface area contributed by atoms with E-state index in [0.29, 0.717) is 27.3 Å². The van der Waals surface area contributed by atoms with Gasteiger partial charge in [-0.1, -0.05) is 6.07 Å². The summed E-state index contributed by atoms with van der Waals surface area (Å²) in [7, 11) is -2.07. The second-order valence-electron chi connectivity index (χ2n) is 9.35. The van der Waals surface area contributed by atoms with Gasteiger partial charge in [-0.2, -0.15) is 0 Å². The van der Waals surface area contributed by atoms with E-state index in [2.05, 4.69) is 4.72 Å². The number of fused-ring (bicyclic) bond motifs is 2. The van der Waals surface area contributed by atoms with Crippen LogP contribution in [0.2, 0.25) is 0 Å². The van der Waals surface area contributed by atoms with Gasteiger partial charge in [0.2, 0.25) is 5.43 Å². The number of ether oxygens (including phenoxy) is 1. The summed E-state index contributed by atoms with van der Waals surface area (Å²) in [5.41, 5.74) is 1.58. The van der Waals surface area contributed by atoms with Crippen molar-refractivity contribution < 1.29 is 23.1 Å². The molecule has 1 fully saturated rings. The van der Waals surface area contributed by atoms with E-state index in [1.165, 1.54) is 17.5 Å².